The molecule has 0 aliphatic heterocycles. The average Bonchev–Trinajstić information content (AvgIpc) is 2.84. The number of hydrogen-bond acceptors (Lipinski definition) is 2. The van der Waals surface area contributed by atoms with Crippen molar-refractivity contribution in [2.75, 3.05) is 0 Å². The molecule has 1 unspecified atom stereocenters. The first-order valence-corrected chi connectivity index (χ1v) is 7.10. The minimum atomic E-state index is 0.373. The zero-order valence-corrected chi connectivity index (χ0v) is 10.9. The van der Waals surface area contributed by atoms with Crippen LogP contribution in [0.3, 0.4) is 0 Å². The highest BCUT2D eigenvalue weighted by Crippen LogP contribution is 2.33. The molecule has 1 atom stereocenters. The molecule has 2 aliphatic carbocycles. The Bertz CT molecular complexity index is 425. The van der Waals surface area contributed by atoms with Crippen LogP contribution < -0.4 is 11.3 Å². The van der Waals surface area contributed by atoms with Gasteiger partial charge in [-0.25, -0.2) is 0 Å². The largest absolute Gasteiger partial charge is 0.271 e. The molecule has 0 spiro atoms. The Labute approximate surface area is 109 Å². The van der Waals surface area contributed by atoms with Crippen molar-refractivity contribution in [2.24, 2.45) is 11.8 Å². The quantitative estimate of drug-likeness (QED) is 0.486. The predicted octanol–water partition coefficient (Wildman–Crippen LogP) is 2.73. The van der Waals surface area contributed by atoms with Gasteiger partial charge in [-0.3, -0.25) is 11.3 Å². The van der Waals surface area contributed by atoms with Gasteiger partial charge in [-0.05, 0) is 55.6 Å². The average molecular weight is 242 g/mol. The van der Waals surface area contributed by atoms with E-state index in [1.165, 1.54) is 49.7 Å². The molecule has 2 heteroatoms. The van der Waals surface area contributed by atoms with Crippen LogP contribution in [-0.2, 0) is 12.8 Å². The fourth-order valence-electron chi connectivity index (χ4n) is 3.52. The Balaban J connectivity index is 1.77. The summed E-state index contributed by atoms with van der Waals surface area (Å²) in [5.74, 6) is 6.46. The molecule has 0 amide bonds. The van der Waals surface area contributed by atoms with Crippen LogP contribution in [0.1, 0.15) is 36.8 Å². The highest BCUT2D eigenvalue weighted by atomic mass is 15.2. The van der Waals surface area contributed by atoms with Gasteiger partial charge >= 0.3 is 0 Å². The topological polar surface area (TPSA) is 38.0 Å². The van der Waals surface area contributed by atoms with Gasteiger partial charge in [0.05, 0.1) is 0 Å². The van der Waals surface area contributed by atoms with Crippen LogP contribution in [0.25, 0.3) is 0 Å². The molecule has 0 bridgehead atoms. The Kier molecular flexibility index (Phi) is 3.48. The minimum absolute atomic E-state index is 0.373. The molecule has 2 aliphatic rings. The van der Waals surface area contributed by atoms with Crippen LogP contribution >= 0.6 is 0 Å². The predicted molar refractivity (Wildman–Crippen MR) is 75.0 cm³/mol. The number of allylic oxidation sites excluding steroid dienone is 1. The number of nitrogens with two attached hydrogens (primary N) is 1. The highest BCUT2D eigenvalue weighted by Gasteiger charge is 2.30. The molecule has 2 nitrogen and oxygen atoms in total. The van der Waals surface area contributed by atoms with Gasteiger partial charge in [-0.15, -0.1) is 0 Å². The SMILES string of the molecule is NNC(C1=CCCCC1)C1Cc2ccccc2C1. The summed E-state index contributed by atoms with van der Waals surface area (Å²) >= 11 is 0. The van der Waals surface area contributed by atoms with Gasteiger partial charge < -0.3 is 0 Å². The molecule has 3 N–H and O–H groups in total. The smallest absolute Gasteiger partial charge is 0.0454 e. The Hall–Kier alpha value is -1.12. The summed E-state index contributed by atoms with van der Waals surface area (Å²) in [5, 5.41) is 0. The number of hydrogen-bond donors (Lipinski definition) is 2. The van der Waals surface area contributed by atoms with Crippen LogP contribution in [-0.4, -0.2) is 6.04 Å². The van der Waals surface area contributed by atoms with Crippen LogP contribution in [0.2, 0.25) is 0 Å². The molecule has 18 heavy (non-hydrogen) atoms. The molecule has 0 fully saturated rings. The van der Waals surface area contributed by atoms with E-state index < -0.39 is 0 Å². The summed E-state index contributed by atoms with van der Waals surface area (Å²) in [4.78, 5) is 0. The van der Waals surface area contributed by atoms with Crippen molar-refractivity contribution in [1.29, 1.82) is 0 Å². The van der Waals surface area contributed by atoms with Crippen molar-refractivity contribution in [3.63, 3.8) is 0 Å². The summed E-state index contributed by atoms with van der Waals surface area (Å²) < 4.78 is 0. The maximum Gasteiger partial charge on any atom is 0.0454 e. The van der Waals surface area contributed by atoms with Gasteiger partial charge in [-0.1, -0.05) is 35.9 Å². The second-order valence-corrected chi connectivity index (χ2v) is 5.61. The Morgan fingerprint density at radius 2 is 1.83 bits per heavy atom. The molecule has 0 heterocycles. The van der Waals surface area contributed by atoms with Crippen LogP contribution in [0, 0.1) is 5.92 Å². The summed E-state index contributed by atoms with van der Waals surface area (Å²) in [6.45, 7) is 0. The van der Waals surface area contributed by atoms with Crippen molar-refractivity contribution in [1.82, 2.24) is 5.43 Å². The van der Waals surface area contributed by atoms with Crippen molar-refractivity contribution in [3.05, 3.63) is 47.0 Å². The first-order chi connectivity index (χ1) is 8.88. The van der Waals surface area contributed by atoms with E-state index in [9.17, 15) is 0 Å². The Morgan fingerprint density at radius 1 is 1.11 bits per heavy atom. The number of fused-ring (bicyclic) bond motifs is 1. The van der Waals surface area contributed by atoms with E-state index in [0.29, 0.717) is 12.0 Å². The van der Waals surface area contributed by atoms with Crippen molar-refractivity contribution >= 4 is 0 Å². The summed E-state index contributed by atoms with van der Waals surface area (Å²) in [6, 6.07) is 9.19. The lowest BCUT2D eigenvalue weighted by atomic mass is 9.85. The lowest BCUT2D eigenvalue weighted by Crippen LogP contribution is -2.43. The van der Waals surface area contributed by atoms with Crippen molar-refractivity contribution in [3.8, 4) is 0 Å². The lowest BCUT2D eigenvalue weighted by molar-refractivity contribution is 0.396. The number of hydrazine groups is 1. The number of benzene rings is 1. The molecular formula is C16H22N2. The fourth-order valence-corrected chi connectivity index (χ4v) is 3.52. The minimum Gasteiger partial charge on any atom is -0.271 e. The van der Waals surface area contributed by atoms with Gasteiger partial charge in [0.1, 0.15) is 0 Å². The normalized spacial score (nSPS) is 21.5. The van der Waals surface area contributed by atoms with Crippen LogP contribution in [0.4, 0.5) is 0 Å². The molecule has 1 aromatic carbocycles. The Morgan fingerprint density at radius 3 is 2.39 bits per heavy atom. The van der Waals surface area contributed by atoms with E-state index >= 15 is 0 Å². The van der Waals surface area contributed by atoms with Gasteiger partial charge in [0.2, 0.25) is 0 Å². The third-order valence-electron chi connectivity index (χ3n) is 4.46. The second-order valence-electron chi connectivity index (χ2n) is 5.61. The number of nitrogens with one attached hydrogen (secondary N) is 1. The zero-order chi connectivity index (χ0) is 12.4. The van der Waals surface area contributed by atoms with Crippen LogP contribution in [0.15, 0.2) is 35.9 Å². The van der Waals surface area contributed by atoms with E-state index in [4.69, 9.17) is 5.84 Å². The van der Waals surface area contributed by atoms with Crippen LogP contribution in [0.5, 0.6) is 0 Å². The second kappa shape index (κ2) is 5.25. The molecule has 1 aromatic rings. The summed E-state index contributed by atoms with van der Waals surface area (Å²) in [6.07, 6.45) is 9.87. The van der Waals surface area contributed by atoms with E-state index in [2.05, 4.69) is 35.8 Å². The summed E-state index contributed by atoms with van der Waals surface area (Å²) in [5.41, 5.74) is 7.65. The van der Waals surface area contributed by atoms with E-state index in [1.54, 1.807) is 5.57 Å². The zero-order valence-electron chi connectivity index (χ0n) is 10.9. The molecule has 0 aromatic heterocycles. The van der Waals surface area contributed by atoms with Crippen molar-refractivity contribution < 1.29 is 0 Å². The van der Waals surface area contributed by atoms with Crippen molar-refractivity contribution in [2.45, 2.75) is 44.6 Å². The van der Waals surface area contributed by atoms with Gasteiger partial charge in [0.15, 0.2) is 0 Å². The third-order valence-corrected chi connectivity index (χ3v) is 4.46. The maximum atomic E-state index is 5.83. The van der Waals surface area contributed by atoms with Gasteiger partial charge in [0.25, 0.3) is 0 Å². The van der Waals surface area contributed by atoms with E-state index in [-0.39, 0.29) is 0 Å². The molecule has 0 saturated heterocycles. The summed E-state index contributed by atoms with van der Waals surface area (Å²) in [7, 11) is 0. The standard InChI is InChI=1S/C16H22N2/c17-18-16(12-6-2-1-3-7-12)15-10-13-8-4-5-9-14(13)11-15/h4-6,8-9,15-16,18H,1-3,7,10-11,17H2. The van der Waals surface area contributed by atoms with E-state index in [1.807, 2.05) is 0 Å². The maximum absolute atomic E-state index is 5.83. The molecular weight excluding hydrogens is 220 g/mol. The fraction of sp³-hybridized carbons (Fsp3) is 0.500. The monoisotopic (exact) mass is 242 g/mol. The number of rotatable bonds is 3. The molecule has 96 valence electrons. The highest BCUT2D eigenvalue weighted by molar-refractivity contribution is 5.34. The first-order valence-electron chi connectivity index (χ1n) is 7.10. The van der Waals surface area contributed by atoms with Gasteiger partial charge in [-0.2, -0.15) is 0 Å². The van der Waals surface area contributed by atoms with Gasteiger partial charge in [0, 0.05) is 6.04 Å². The molecule has 0 radical (unpaired) electrons. The molecule has 3 rings (SSSR count). The first kappa shape index (κ1) is 11.9. The van der Waals surface area contributed by atoms with E-state index in [0.717, 1.165) is 0 Å². The third kappa shape index (κ3) is 2.23. The lowest BCUT2D eigenvalue weighted by Gasteiger charge is -2.27. The molecule has 0 saturated carbocycles.